The van der Waals surface area contributed by atoms with E-state index in [1.165, 1.54) is 30.3 Å². The molecule has 2 aromatic carbocycles. The van der Waals surface area contributed by atoms with Crippen LogP contribution in [-0.4, -0.2) is 22.0 Å². The molecule has 0 saturated carbocycles. The molecule has 2 aromatic rings. The quantitative estimate of drug-likeness (QED) is 0.356. The summed E-state index contributed by atoms with van der Waals surface area (Å²) in [5.41, 5.74) is -0.136. The van der Waals surface area contributed by atoms with Gasteiger partial charge in [-0.25, -0.2) is 4.79 Å². The molecule has 0 aliphatic heterocycles. The average Bonchev–Trinajstić information content (AvgIpc) is 2.50. The molecule has 24 heavy (non-hydrogen) atoms. The summed E-state index contributed by atoms with van der Waals surface area (Å²) in [7, 11) is 0. The van der Waals surface area contributed by atoms with Gasteiger partial charge in [0.15, 0.2) is 5.78 Å². The van der Waals surface area contributed by atoms with Crippen molar-refractivity contribution in [2.75, 3.05) is 0 Å². The van der Waals surface area contributed by atoms with Gasteiger partial charge < -0.3 is 10.2 Å². The number of halogens is 4. The van der Waals surface area contributed by atoms with Crippen LogP contribution in [0.15, 0.2) is 34.8 Å². The van der Waals surface area contributed by atoms with E-state index in [0.717, 1.165) is 6.08 Å². The fourth-order valence-corrected chi connectivity index (χ4v) is 3.04. The zero-order valence-electron chi connectivity index (χ0n) is 11.7. The van der Waals surface area contributed by atoms with Crippen molar-refractivity contribution in [3.05, 3.63) is 66.6 Å². The number of aromatic carboxylic acids is 1. The normalized spacial score (nSPS) is 11.0. The van der Waals surface area contributed by atoms with Crippen LogP contribution in [-0.2, 0) is 0 Å². The van der Waals surface area contributed by atoms with E-state index in [2.05, 4.69) is 15.9 Å². The minimum Gasteiger partial charge on any atom is -0.506 e. The van der Waals surface area contributed by atoms with Crippen molar-refractivity contribution >= 4 is 68.6 Å². The number of hydrogen-bond acceptors (Lipinski definition) is 3. The van der Waals surface area contributed by atoms with Crippen LogP contribution >= 0.6 is 50.7 Å². The molecular formula is C16H8BrCl3O4. The molecule has 124 valence electrons. The molecule has 0 aliphatic carbocycles. The van der Waals surface area contributed by atoms with Crippen molar-refractivity contribution in [1.82, 2.24) is 0 Å². The van der Waals surface area contributed by atoms with Crippen LogP contribution in [0.3, 0.4) is 0 Å². The van der Waals surface area contributed by atoms with Crippen molar-refractivity contribution in [2.45, 2.75) is 0 Å². The van der Waals surface area contributed by atoms with Crippen LogP contribution in [0, 0.1) is 0 Å². The molecule has 2 N–H and O–H groups in total. The minimum atomic E-state index is -1.35. The summed E-state index contributed by atoms with van der Waals surface area (Å²) in [6, 6.07) is 5.50. The summed E-state index contributed by atoms with van der Waals surface area (Å²) < 4.78 is 0.346. The fraction of sp³-hybridized carbons (Fsp3) is 0. The second-order valence-electron chi connectivity index (χ2n) is 4.64. The van der Waals surface area contributed by atoms with Crippen LogP contribution in [0.1, 0.15) is 26.3 Å². The summed E-state index contributed by atoms with van der Waals surface area (Å²) in [6.45, 7) is 0. The zero-order chi connectivity index (χ0) is 18.0. The third kappa shape index (κ3) is 4.11. The monoisotopic (exact) mass is 448 g/mol. The summed E-state index contributed by atoms with van der Waals surface area (Å²) >= 11 is 20.9. The van der Waals surface area contributed by atoms with Crippen molar-refractivity contribution in [3.8, 4) is 5.75 Å². The molecule has 2 rings (SSSR count). The van der Waals surface area contributed by atoms with Gasteiger partial charge in [-0.3, -0.25) is 4.79 Å². The van der Waals surface area contributed by atoms with Crippen LogP contribution in [0.4, 0.5) is 0 Å². The van der Waals surface area contributed by atoms with Crippen LogP contribution in [0.2, 0.25) is 15.1 Å². The van der Waals surface area contributed by atoms with Gasteiger partial charge in [0.1, 0.15) is 11.3 Å². The van der Waals surface area contributed by atoms with Gasteiger partial charge in [0, 0.05) is 9.50 Å². The van der Waals surface area contributed by atoms with E-state index in [4.69, 9.17) is 39.9 Å². The minimum absolute atomic E-state index is 0.165. The largest absolute Gasteiger partial charge is 0.506 e. The molecule has 8 heteroatoms. The van der Waals surface area contributed by atoms with Gasteiger partial charge in [-0.2, -0.15) is 0 Å². The number of phenols is 1. The lowest BCUT2D eigenvalue weighted by molar-refractivity contribution is 0.0693. The molecule has 0 heterocycles. The molecule has 4 nitrogen and oxygen atoms in total. The van der Waals surface area contributed by atoms with Crippen molar-refractivity contribution in [1.29, 1.82) is 0 Å². The Hall–Kier alpha value is -1.53. The van der Waals surface area contributed by atoms with E-state index in [-0.39, 0.29) is 21.2 Å². The summed E-state index contributed by atoms with van der Waals surface area (Å²) in [5.74, 6) is -2.57. The zero-order valence-corrected chi connectivity index (χ0v) is 15.5. The van der Waals surface area contributed by atoms with Gasteiger partial charge >= 0.3 is 5.97 Å². The second-order valence-corrected chi connectivity index (χ2v) is 6.78. The highest BCUT2D eigenvalue weighted by Crippen LogP contribution is 2.31. The van der Waals surface area contributed by atoms with Crippen LogP contribution in [0.25, 0.3) is 6.08 Å². The first-order chi connectivity index (χ1) is 11.2. The number of carbonyl (C=O) groups excluding carboxylic acids is 1. The van der Waals surface area contributed by atoms with E-state index in [1.54, 1.807) is 0 Å². The highest BCUT2D eigenvalue weighted by Gasteiger charge is 2.18. The van der Waals surface area contributed by atoms with Crippen molar-refractivity contribution < 1.29 is 19.8 Å². The lowest BCUT2D eigenvalue weighted by Crippen LogP contribution is -2.03. The van der Waals surface area contributed by atoms with Crippen LogP contribution < -0.4 is 0 Å². The smallest absolute Gasteiger partial charge is 0.339 e. The number of ketones is 1. The summed E-state index contributed by atoms with van der Waals surface area (Å²) in [6.07, 6.45) is 2.52. The van der Waals surface area contributed by atoms with Gasteiger partial charge in [0.25, 0.3) is 0 Å². The first-order valence-corrected chi connectivity index (χ1v) is 8.26. The molecular weight excluding hydrogens is 442 g/mol. The molecule has 0 spiro atoms. The average molecular weight is 450 g/mol. The molecule has 0 radical (unpaired) electrons. The number of carboxylic acid groups (broad SMARTS) is 1. The molecule has 0 aliphatic rings. The molecule has 0 unspecified atom stereocenters. The Bertz CT molecular complexity index is 878. The van der Waals surface area contributed by atoms with Gasteiger partial charge in [0.05, 0.1) is 15.6 Å². The first-order valence-electron chi connectivity index (χ1n) is 6.33. The Morgan fingerprint density at radius 1 is 1.04 bits per heavy atom. The summed E-state index contributed by atoms with van der Waals surface area (Å²) in [4.78, 5) is 23.4. The SMILES string of the molecule is O=C(O)c1cc(Br)cc(C(=O)/C=C/c2cc(Cl)cc(Cl)c2Cl)c1O. The third-order valence-corrected chi connectivity index (χ3v) is 4.50. The Morgan fingerprint density at radius 2 is 1.67 bits per heavy atom. The number of benzene rings is 2. The maximum Gasteiger partial charge on any atom is 0.339 e. The molecule has 0 fully saturated rings. The van der Waals surface area contributed by atoms with Crippen molar-refractivity contribution in [2.24, 2.45) is 0 Å². The van der Waals surface area contributed by atoms with E-state index in [0.29, 0.717) is 15.1 Å². The maximum atomic E-state index is 12.3. The fourth-order valence-electron chi connectivity index (χ4n) is 1.90. The van der Waals surface area contributed by atoms with Crippen molar-refractivity contribution in [3.63, 3.8) is 0 Å². The lowest BCUT2D eigenvalue weighted by Gasteiger charge is -2.06. The Morgan fingerprint density at radius 3 is 2.29 bits per heavy atom. The van der Waals surface area contributed by atoms with Gasteiger partial charge in [0.2, 0.25) is 0 Å². The number of allylic oxidation sites excluding steroid dienone is 1. The van der Waals surface area contributed by atoms with E-state index < -0.39 is 17.5 Å². The topological polar surface area (TPSA) is 74.6 Å². The van der Waals surface area contributed by atoms with Gasteiger partial charge in [-0.1, -0.05) is 50.7 Å². The van der Waals surface area contributed by atoms with E-state index in [9.17, 15) is 14.7 Å². The second kappa shape index (κ2) is 7.57. The number of aromatic hydroxyl groups is 1. The highest BCUT2D eigenvalue weighted by atomic mass is 79.9. The van der Waals surface area contributed by atoms with Gasteiger partial charge in [-0.15, -0.1) is 0 Å². The number of hydrogen-bond donors (Lipinski definition) is 2. The molecule has 0 bridgehead atoms. The number of carbonyl (C=O) groups is 2. The molecule has 0 amide bonds. The Balaban J connectivity index is 2.43. The molecule has 0 atom stereocenters. The summed E-state index contributed by atoms with van der Waals surface area (Å²) in [5, 5.41) is 19.8. The maximum absolute atomic E-state index is 12.3. The van der Waals surface area contributed by atoms with E-state index >= 15 is 0 Å². The highest BCUT2D eigenvalue weighted by molar-refractivity contribution is 9.10. The Labute approximate surface area is 160 Å². The van der Waals surface area contributed by atoms with E-state index in [1.807, 2.05) is 0 Å². The lowest BCUT2D eigenvalue weighted by atomic mass is 10.0. The van der Waals surface area contributed by atoms with Crippen LogP contribution in [0.5, 0.6) is 5.75 Å². The predicted molar refractivity (Wildman–Crippen MR) is 97.6 cm³/mol. The molecule has 0 aromatic heterocycles. The molecule has 0 saturated heterocycles. The number of carboxylic acids is 1. The predicted octanol–water partition coefficient (Wildman–Crippen LogP) is 5.71. The standard InChI is InChI=1S/C16H8BrCl3O4/c17-8-4-10(15(22)11(5-8)16(23)24)13(21)2-1-7-3-9(18)6-12(19)14(7)20/h1-6,22H,(H,23,24)/b2-1+. The third-order valence-electron chi connectivity index (χ3n) is 3.01. The first kappa shape index (κ1) is 18.8. The Kier molecular flexibility index (Phi) is 5.93. The van der Waals surface area contributed by atoms with Gasteiger partial charge in [-0.05, 0) is 42.0 Å². The number of rotatable bonds is 4.